The highest BCUT2D eigenvalue weighted by Crippen LogP contribution is 2.27. The quantitative estimate of drug-likeness (QED) is 0.519. The average Bonchev–Trinajstić information content (AvgIpc) is 3.56. The summed E-state index contributed by atoms with van der Waals surface area (Å²) in [6.45, 7) is 10.1. The lowest BCUT2D eigenvalue weighted by Crippen LogP contribution is -2.38. The number of thiophene rings is 1. The third-order valence-corrected chi connectivity index (χ3v) is 6.94. The van der Waals surface area contributed by atoms with E-state index in [1.165, 1.54) is 0 Å². The molecular formula is C23H30N6O2S. The molecule has 0 N–H and O–H groups in total. The van der Waals surface area contributed by atoms with E-state index < -0.39 is 0 Å². The Morgan fingerprint density at radius 2 is 2.12 bits per heavy atom. The van der Waals surface area contributed by atoms with Gasteiger partial charge >= 0.3 is 0 Å². The van der Waals surface area contributed by atoms with Crippen LogP contribution in [0.15, 0.2) is 29.9 Å². The van der Waals surface area contributed by atoms with Gasteiger partial charge in [0.05, 0.1) is 34.6 Å². The Balaban J connectivity index is 1.64. The first-order chi connectivity index (χ1) is 15.6. The number of likely N-dealkylation sites (tertiary alicyclic amines) is 1. The molecule has 3 aromatic rings. The van der Waals surface area contributed by atoms with Crippen LogP contribution in [0.25, 0.3) is 16.5 Å². The first kappa shape index (κ1) is 22.6. The second kappa shape index (κ2) is 9.89. The van der Waals surface area contributed by atoms with Gasteiger partial charge in [0, 0.05) is 32.4 Å². The fraction of sp³-hybridized carbons (Fsp3) is 0.478. The minimum absolute atomic E-state index is 0.0106. The number of hydrogen-bond acceptors (Lipinski definition) is 7. The van der Waals surface area contributed by atoms with E-state index in [4.69, 9.17) is 9.72 Å². The van der Waals surface area contributed by atoms with E-state index in [0.717, 1.165) is 48.7 Å². The van der Waals surface area contributed by atoms with E-state index in [0.29, 0.717) is 23.2 Å². The molecule has 0 radical (unpaired) electrons. The zero-order chi connectivity index (χ0) is 22.7. The molecule has 1 atom stereocenters. The number of amides is 1. The Kier molecular flexibility index (Phi) is 6.98. The first-order valence-corrected chi connectivity index (χ1v) is 11.9. The van der Waals surface area contributed by atoms with E-state index in [9.17, 15) is 4.79 Å². The van der Waals surface area contributed by atoms with Gasteiger partial charge < -0.3 is 9.64 Å². The molecule has 1 aliphatic heterocycles. The summed E-state index contributed by atoms with van der Waals surface area (Å²) in [7, 11) is 1.62. The van der Waals surface area contributed by atoms with Gasteiger partial charge in [-0.2, -0.15) is 9.78 Å². The van der Waals surface area contributed by atoms with Crippen molar-refractivity contribution in [2.75, 3.05) is 33.3 Å². The maximum Gasteiger partial charge on any atom is 0.257 e. The predicted octanol–water partition coefficient (Wildman–Crippen LogP) is 3.40. The summed E-state index contributed by atoms with van der Waals surface area (Å²) >= 11 is 1.63. The van der Waals surface area contributed by atoms with Crippen LogP contribution >= 0.6 is 11.3 Å². The van der Waals surface area contributed by atoms with Crippen LogP contribution in [0, 0.1) is 6.92 Å². The number of methoxy groups -OCH3 is 1. The van der Waals surface area contributed by atoms with Crippen molar-refractivity contribution < 1.29 is 9.53 Å². The second-order valence-electron chi connectivity index (χ2n) is 7.94. The third-order valence-electron chi connectivity index (χ3n) is 6.06. The van der Waals surface area contributed by atoms with Crippen LogP contribution in [0.5, 0.6) is 0 Å². The topological polar surface area (TPSA) is 76.4 Å². The lowest BCUT2D eigenvalue weighted by molar-refractivity contribution is 0.0772. The molecule has 0 aromatic carbocycles. The van der Waals surface area contributed by atoms with E-state index in [2.05, 4.69) is 28.8 Å². The Morgan fingerprint density at radius 1 is 1.31 bits per heavy atom. The number of aromatic nitrogens is 4. The standard InChI is InChI=1S/C23H30N6O2S/c1-5-27(6-2)17-9-10-28(14-17)22(30)18-13-25-29(19(18)15-31-4)23-24-12-16(3)21(26-23)20-8-7-11-32-20/h7-8,11-13,17H,5-6,9-10,14-15H2,1-4H3/t17-/m1/s1. The monoisotopic (exact) mass is 454 g/mol. The fourth-order valence-corrected chi connectivity index (χ4v) is 5.11. The van der Waals surface area contributed by atoms with Crippen molar-refractivity contribution >= 4 is 17.2 Å². The lowest BCUT2D eigenvalue weighted by Gasteiger charge is -2.26. The van der Waals surface area contributed by atoms with Crippen LogP contribution in [0.4, 0.5) is 0 Å². The summed E-state index contributed by atoms with van der Waals surface area (Å²) in [5.74, 6) is 0.427. The number of likely N-dealkylation sites (N-methyl/N-ethyl adjacent to an activating group) is 1. The number of hydrogen-bond donors (Lipinski definition) is 0. The SMILES string of the molecule is CCN(CC)[C@@H]1CCN(C(=O)c2cnn(-c3ncc(C)c(-c4cccs4)n3)c2COC)C1. The minimum Gasteiger partial charge on any atom is -0.378 e. The van der Waals surface area contributed by atoms with E-state index >= 15 is 0 Å². The van der Waals surface area contributed by atoms with E-state index in [-0.39, 0.29) is 12.5 Å². The molecule has 1 saturated heterocycles. The molecule has 4 rings (SSSR count). The van der Waals surface area contributed by atoms with Crippen molar-refractivity contribution in [1.29, 1.82) is 0 Å². The maximum absolute atomic E-state index is 13.4. The number of carbonyl (C=O) groups excluding carboxylic acids is 1. The summed E-state index contributed by atoms with van der Waals surface area (Å²) in [4.78, 5) is 28.1. The molecule has 1 amide bonds. The lowest BCUT2D eigenvalue weighted by atomic mass is 10.2. The first-order valence-electron chi connectivity index (χ1n) is 11.0. The number of rotatable bonds is 8. The van der Waals surface area contributed by atoms with Gasteiger partial charge in [0.15, 0.2) is 0 Å². The molecule has 0 unspecified atom stereocenters. The van der Waals surface area contributed by atoms with Crippen LogP contribution in [-0.4, -0.2) is 74.8 Å². The molecule has 0 bridgehead atoms. The second-order valence-corrected chi connectivity index (χ2v) is 8.89. The largest absolute Gasteiger partial charge is 0.378 e. The summed E-state index contributed by atoms with van der Waals surface area (Å²) < 4.78 is 7.06. The average molecular weight is 455 g/mol. The molecule has 8 nitrogen and oxygen atoms in total. The van der Waals surface area contributed by atoms with Crippen LogP contribution in [-0.2, 0) is 11.3 Å². The van der Waals surface area contributed by atoms with Crippen molar-refractivity contribution in [3.63, 3.8) is 0 Å². The zero-order valence-electron chi connectivity index (χ0n) is 19.1. The van der Waals surface area contributed by atoms with Gasteiger partial charge in [0.2, 0.25) is 0 Å². The molecule has 1 aliphatic rings. The van der Waals surface area contributed by atoms with Crippen molar-refractivity contribution in [3.8, 4) is 16.5 Å². The highest BCUT2D eigenvalue weighted by atomic mass is 32.1. The zero-order valence-corrected chi connectivity index (χ0v) is 19.9. The van der Waals surface area contributed by atoms with Gasteiger partial charge in [-0.15, -0.1) is 11.3 Å². The molecule has 4 heterocycles. The van der Waals surface area contributed by atoms with Crippen molar-refractivity contribution in [2.45, 2.75) is 39.8 Å². The minimum atomic E-state index is -0.0106. The summed E-state index contributed by atoms with van der Waals surface area (Å²) in [5, 5.41) is 6.52. The number of aryl methyl sites for hydroxylation is 1. The van der Waals surface area contributed by atoms with Crippen molar-refractivity contribution in [2.24, 2.45) is 0 Å². The van der Waals surface area contributed by atoms with Gasteiger partial charge in [0.1, 0.15) is 0 Å². The molecule has 0 spiro atoms. The number of nitrogens with zero attached hydrogens (tertiary/aromatic N) is 6. The van der Waals surface area contributed by atoms with Gasteiger partial charge in [-0.1, -0.05) is 19.9 Å². The molecule has 1 fully saturated rings. The van der Waals surface area contributed by atoms with Gasteiger partial charge in [0.25, 0.3) is 11.9 Å². The van der Waals surface area contributed by atoms with E-state index in [1.54, 1.807) is 35.5 Å². The van der Waals surface area contributed by atoms with Gasteiger partial charge in [-0.05, 0) is 43.4 Å². The smallest absolute Gasteiger partial charge is 0.257 e. The molecule has 32 heavy (non-hydrogen) atoms. The normalized spacial score (nSPS) is 16.3. The molecule has 9 heteroatoms. The molecule has 3 aromatic heterocycles. The number of ether oxygens (including phenoxy) is 1. The maximum atomic E-state index is 13.4. The predicted molar refractivity (Wildman–Crippen MR) is 125 cm³/mol. The van der Waals surface area contributed by atoms with Crippen LogP contribution in [0.2, 0.25) is 0 Å². The molecule has 0 aliphatic carbocycles. The fourth-order valence-electron chi connectivity index (χ4n) is 4.33. The van der Waals surface area contributed by atoms with Gasteiger partial charge in [-0.3, -0.25) is 9.69 Å². The van der Waals surface area contributed by atoms with Crippen LogP contribution in [0.1, 0.15) is 41.9 Å². The third kappa shape index (κ3) is 4.32. The molecular weight excluding hydrogens is 424 g/mol. The Bertz CT molecular complexity index is 1060. The Hall–Kier alpha value is -2.62. The van der Waals surface area contributed by atoms with Crippen molar-refractivity contribution in [3.05, 3.63) is 46.7 Å². The highest BCUT2D eigenvalue weighted by molar-refractivity contribution is 7.13. The number of carbonyl (C=O) groups is 1. The molecule has 0 saturated carbocycles. The van der Waals surface area contributed by atoms with Crippen molar-refractivity contribution in [1.82, 2.24) is 29.5 Å². The summed E-state index contributed by atoms with van der Waals surface area (Å²) in [6.07, 6.45) is 4.41. The molecule has 170 valence electrons. The summed E-state index contributed by atoms with van der Waals surface area (Å²) in [6, 6.07) is 4.45. The Labute approximate surface area is 192 Å². The van der Waals surface area contributed by atoms with Gasteiger partial charge in [-0.25, -0.2) is 9.97 Å². The van der Waals surface area contributed by atoms with Crippen LogP contribution < -0.4 is 0 Å². The van der Waals surface area contributed by atoms with Crippen LogP contribution in [0.3, 0.4) is 0 Å². The summed E-state index contributed by atoms with van der Waals surface area (Å²) in [5.41, 5.74) is 3.09. The Morgan fingerprint density at radius 3 is 2.81 bits per heavy atom. The highest BCUT2D eigenvalue weighted by Gasteiger charge is 2.32. The van der Waals surface area contributed by atoms with E-state index in [1.807, 2.05) is 29.3 Å².